The van der Waals surface area contributed by atoms with Crippen LogP contribution in [0.4, 0.5) is 0 Å². The lowest BCUT2D eigenvalue weighted by Gasteiger charge is -2.17. The van der Waals surface area contributed by atoms with Gasteiger partial charge in [-0.05, 0) is 30.5 Å². The van der Waals surface area contributed by atoms with E-state index in [-0.39, 0.29) is 36.9 Å². The highest BCUT2D eigenvalue weighted by atomic mass is 16.7. The molecule has 1 unspecified atom stereocenters. The number of nitrogens with zero attached hydrogens (tertiary/aromatic N) is 2. The molecule has 2 fully saturated rings. The summed E-state index contributed by atoms with van der Waals surface area (Å²) < 4.78 is 10.7. The molecule has 1 atom stereocenters. The van der Waals surface area contributed by atoms with Gasteiger partial charge in [0.1, 0.15) is 0 Å². The minimum absolute atomic E-state index is 0.0134. The summed E-state index contributed by atoms with van der Waals surface area (Å²) >= 11 is 0. The maximum Gasteiger partial charge on any atom is 0.231 e. The van der Waals surface area contributed by atoms with Crippen molar-refractivity contribution < 1.29 is 23.9 Å². The first kappa shape index (κ1) is 18.6. The second kappa shape index (κ2) is 8.08. The third kappa shape index (κ3) is 4.05. The van der Waals surface area contributed by atoms with Crippen molar-refractivity contribution in [2.45, 2.75) is 32.2 Å². The first-order valence-electron chi connectivity index (χ1n) is 9.82. The lowest BCUT2D eigenvalue weighted by atomic mass is 10.1. The van der Waals surface area contributed by atoms with Crippen LogP contribution in [0.2, 0.25) is 0 Å². The zero-order chi connectivity index (χ0) is 19.5. The molecule has 3 heterocycles. The number of ether oxygens (including phenoxy) is 2. The van der Waals surface area contributed by atoms with Crippen LogP contribution in [0.3, 0.4) is 0 Å². The van der Waals surface area contributed by atoms with Gasteiger partial charge in [0, 0.05) is 45.6 Å². The van der Waals surface area contributed by atoms with E-state index < -0.39 is 0 Å². The molecule has 0 saturated carbocycles. The third-order valence-electron chi connectivity index (χ3n) is 5.47. The van der Waals surface area contributed by atoms with E-state index in [2.05, 4.69) is 5.32 Å². The highest BCUT2D eigenvalue weighted by molar-refractivity contribution is 5.89. The standard InChI is InChI=1S/C20H25N3O5/c24-18-3-1-7-22(18)8-2-6-21-20(26)15-10-19(25)23(12-15)11-14-4-5-16-17(9-14)28-13-27-16/h4-5,9,15H,1-3,6-8,10-13H2,(H,21,26). The summed E-state index contributed by atoms with van der Waals surface area (Å²) in [6, 6.07) is 5.63. The average molecular weight is 387 g/mol. The van der Waals surface area contributed by atoms with Gasteiger partial charge in [0.05, 0.1) is 5.92 Å². The van der Waals surface area contributed by atoms with Gasteiger partial charge in [0.25, 0.3) is 0 Å². The summed E-state index contributed by atoms with van der Waals surface area (Å²) in [6.07, 6.45) is 2.53. The molecule has 1 aromatic carbocycles. The minimum atomic E-state index is -0.324. The van der Waals surface area contributed by atoms with Crippen molar-refractivity contribution in [2.75, 3.05) is 33.0 Å². The molecule has 3 aliphatic rings. The Balaban J connectivity index is 1.22. The van der Waals surface area contributed by atoms with Crippen molar-refractivity contribution in [3.8, 4) is 11.5 Å². The van der Waals surface area contributed by atoms with Gasteiger partial charge < -0.3 is 24.6 Å². The average Bonchev–Trinajstić information content (AvgIpc) is 3.39. The zero-order valence-electron chi connectivity index (χ0n) is 15.8. The van der Waals surface area contributed by atoms with Gasteiger partial charge >= 0.3 is 0 Å². The maximum atomic E-state index is 12.4. The summed E-state index contributed by atoms with van der Waals surface area (Å²) in [5, 5.41) is 2.91. The molecule has 1 N–H and O–H groups in total. The molecule has 150 valence electrons. The lowest BCUT2D eigenvalue weighted by Crippen LogP contribution is -2.35. The van der Waals surface area contributed by atoms with E-state index in [0.29, 0.717) is 44.1 Å². The Morgan fingerprint density at radius 1 is 1.14 bits per heavy atom. The van der Waals surface area contributed by atoms with Crippen molar-refractivity contribution in [1.82, 2.24) is 15.1 Å². The third-order valence-corrected chi connectivity index (χ3v) is 5.47. The van der Waals surface area contributed by atoms with Crippen molar-refractivity contribution in [2.24, 2.45) is 5.92 Å². The first-order valence-corrected chi connectivity index (χ1v) is 9.82. The topological polar surface area (TPSA) is 88.2 Å². The summed E-state index contributed by atoms with van der Waals surface area (Å²) in [7, 11) is 0. The molecule has 0 spiro atoms. The first-order chi connectivity index (χ1) is 13.6. The molecule has 0 bridgehead atoms. The summed E-state index contributed by atoms with van der Waals surface area (Å²) in [5.41, 5.74) is 0.953. The lowest BCUT2D eigenvalue weighted by molar-refractivity contribution is -0.129. The number of rotatable bonds is 7. The van der Waals surface area contributed by atoms with Crippen LogP contribution < -0.4 is 14.8 Å². The fourth-order valence-electron chi connectivity index (χ4n) is 3.93. The van der Waals surface area contributed by atoms with Crippen molar-refractivity contribution in [1.29, 1.82) is 0 Å². The van der Waals surface area contributed by atoms with Crippen LogP contribution in [-0.4, -0.2) is 60.5 Å². The largest absolute Gasteiger partial charge is 0.454 e. The van der Waals surface area contributed by atoms with Gasteiger partial charge in [-0.15, -0.1) is 0 Å². The van der Waals surface area contributed by atoms with Gasteiger partial charge in [-0.1, -0.05) is 6.07 Å². The summed E-state index contributed by atoms with van der Waals surface area (Å²) in [5.74, 6) is 1.18. The quantitative estimate of drug-likeness (QED) is 0.702. The van der Waals surface area contributed by atoms with Crippen LogP contribution in [0.15, 0.2) is 18.2 Å². The molecule has 0 radical (unpaired) electrons. The van der Waals surface area contributed by atoms with E-state index >= 15 is 0 Å². The number of amides is 3. The van der Waals surface area contributed by atoms with Crippen LogP contribution in [0.5, 0.6) is 11.5 Å². The molecule has 8 heteroatoms. The Labute approximate surface area is 163 Å². The van der Waals surface area contributed by atoms with Gasteiger partial charge in [-0.2, -0.15) is 0 Å². The van der Waals surface area contributed by atoms with E-state index in [1.54, 1.807) is 4.90 Å². The number of fused-ring (bicyclic) bond motifs is 1. The van der Waals surface area contributed by atoms with E-state index in [4.69, 9.17) is 9.47 Å². The normalized spacial score (nSPS) is 20.9. The number of hydrogen-bond donors (Lipinski definition) is 1. The van der Waals surface area contributed by atoms with Crippen LogP contribution in [-0.2, 0) is 20.9 Å². The number of benzene rings is 1. The molecule has 0 aliphatic carbocycles. The van der Waals surface area contributed by atoms with Crippen molar-refractivity contribution in [3.05, 3.63) is 23.8 Å². The maximum absolute atomic E-state index is 12.4. The van der Waals surface area contributed by atoms with Crippen LogP contribution >= 0.6 is 0 Å². The molecule has 3 amide bonds. The molecule has 1 aromatic rings. The Morgan fingerprint density at radius 2 is 2.00 bits per heavy atom. The SMILES string of the molecule is O=C(NCCCN1CCCC1=O)C1CC(=O)N(Cc2ccc3c(c2)OCO3)C1. The number of nitrogens with one attached hydrogen (secondary N) is 1. The summed E-state index contributed by atoms with van der Waals surface area (Å²) in [6.45, 7) is 3.11. The van der Waals surface area contributed by atoms with Gasteiger partial charge in [0.2, 0.25) is 24.5 Å². The second-order valence-corrected chi connectivity index (χ2v) is 7.49. The molecular weight excluding hydrogens is 362 g/mol. The fraction of sp³-hybridized carbons (Fsp3) is 0.550. The van der Waals surface area contributed by atoms with E-state index in [9.17, 15) is 14.4 Å². The number of carbonyl (C=O) groups excluding carboxylic acids is 3. The molecule has 4 rings (SSSR count). The second-order valence-electron chi connectivity index (χ2n) is 7.49. The Morgan fingerprint density at radius 3 is 2.82 bits per heavy atom. The smallest absolute Gasteiger partial charge is 0.231 e. The van der Waals surface area contributed by atoms with Crippen molar-refractivity contribution in [3.63, 3.8) is 0 Å². The molecule has 0 aromatic heterocycles. The van der Waals surface area contributed by atoms with Crippen LogP contribution in [0, 0.1) is 5.92 Å². The molecule has 28 heavy (non-hydrogen) atoms. The highest BCUT2D eigenvalue weighted by Gasteiger charge is 2.34. The number of likely N-dealkylation sites (tertiary alicyclic amines) is 2. The van der Waals surface area contributed by atoms with Crippen LogP contribution in [0.1, 0.15) is 31.2 Å². The van der Waals surface area contributed by atoms with E-state index in [0.717, 1.165) is 24.9 Å². The zero-order valence-corrected chi connectivity index (χ0v) is 15.8. The predicted molar refractivity (Wildman–Crippen MR) is 99.5 cm³/mol. The molecular formula is C20H25N3O5. The summed E-state index contributed by atoms with van der Waals surface area (Å²) in [4.78, 5) is 39.8. The molecule has 3 aliphatic heterocycles. The van der Waals surface area contributed by atoms with E-state index in [1.165, 1.54) is 0 Å². The van der Waals surface area contributed by atoms with Crippen molar-refractivity contribution >= 4 is 17.7 Å². The van der Waals surface area contributed by atoms with E-state index in [1.807, 2.05) is 23.1 Å². The minimum Gasteiger partial charge on any atom is -0.454 e. The Hall–Kier alpha value is -2.77. The fourth-order valence-corrected chi connectivity index (χ4v) is 3.93. The van der Waals surface area contributed by atoms with Crippen LogP contribution in [0.25, 0.3) is 0 Å². The predicted octanol–water partition coefficient (Wildman–Crippen LogP) is 0.893. The van der Waals surface area contributed by atoms with Gasteiger partial charge in [0.15, 0.2) is 11.5 Å². The number of carbonyl (C=O) groups is 3. The molecule has 8 nitrogen and oxygen atoms in total. The highest BCUT2D eigenvalue weighted by Crippen LogP contribution is 2.33. The molecule has 2 saturated heterocycles. The number of hydrogen-bond acceptors (Lipinski definition) is 5. The van der Waals surface area contributed by atoms with Gasteiger partial charge in [-0.25, -0.2) is 0 Å². The van der Waals surface area contributed by atoms with Gasteiger partial charge in [-0.3, -0.25) is 14.4 Å². The Kier molecular flexibility index (Phi) is 5.36. The Bertz CT molecular complexity index is 781. The monoisotopic (exact) mass is 387 g/mol.